The van der Waals surface area contributed by atoms with E-state index in [4.69, 9.17) is 0 Å². The summed E-state index contributed by atoms with van der Waals surface area (Å²) in [6.07, 6.45) is 2.34. The lowest BCUT2D eigenvalue weighted by atomic mass is 9.88. The van der Waals surface area contributed by atoms with Crippen molar-refractivity contribution in [1.82, 2.24) is 15.5 Å². The van der Waals surface area contributed by atoms with Crippen molar-refractivity contribution in [3.8, 4) is 0 Å². The van der Waals surface area contributed by atoms with Gasteiger partial charge < -0.3 is 15.5 Å². The summed E-state index contributed by atoms with van der Waals surface area (Å²) in [7, 11) is 0. The first-order valence-corrected chi connectivity index (χ1v) is 6.94. The second-order valence-electron chi connectivity index (χ2n) is 5.45. The van der Waals surface area contributed by atoms with Crippen molar-refractivity contribution in [3.63, 3.8) is 0 Å². The summed E-state index contributed by atoms with van der Waals surface area (Å²) >= 11 is 0. The molecule has 0 aliphatic carbocycles. The first-order valence-electron chi connectivity index (χ1n) is 6.94. The fourth-order valence-electron chi connectivity index (χ4n) is 2.67. The van der Waals surface area contributed by atoms with E-state index < -0.39 is 0 Å². The molecule has 1 amide bonds. The van der Waals surface area contributed by atoms with Gasteiger partial charge in [0, 0.05) is 18.5 Å². The Bertz CT molecular complexity index is 265. The minimum atomic E-state index is 0.160. The van der Waals surface area contributed by atoms with Crippen molar-refractivity contribution in [2.24, 2.45) is 11.8 Å². The number of rotatable bonds is 4. The van der Waals surface area contributed by atoms with Crippen LogP contribution in [0.1, 0.15) is 26.7 Å². The van der Waals surface area contributed by atoms with E-state index in [1.165, 1.54) is 13.0 Å². The molecule has 2 N–H and O–H groups in total. The molecule has 0 aromatic carbocycles. The van der Waals surface area contributed by atoms with Crippen LogP contribution in [0.4, 0.5) is 0 Å². The third-order valence-corrected chi connectivity index (χ3v) is 4.23. The van der Waals surface area contributed by atoms with Crippen LogP contribution in [0.25, 0.3) is 0 Å². The molecule has 17 heavy (non-hydrogen) atoms. The Morgan fingerprint density at radius 1 is 1.53 bits per heavy atom. The molecule has 4 heteroatoms. The second kappa shape index (κ2) is 5.83. The molecule has 2 rings (SSSR count). The average Bonchev–Trinajstić information content (AvgIpc) is 2.27. The summed E-state index contributed by atoms with van der Waals surface area (Å²) in [5.74, 6) is 0.952. The predicted octanol–water partition coefficient (Wildman–Crippen LogP) is 0.442. The summed E-state index contributed by atoms with van der Waals surface area (Å²) in [6, 6.07) is 0.367. The molecule has 2 aliphatic heterocycles. The van der Waals surface area contributed by atoms with Crippen LogP contribution < -0.4 is 10.6 Å². The Balaban J connectivity index is 1.77. The van der Waals surface area contributed by atoms with Crippen LogP contribution in [-0.4, -0.2) is 49.6 Å². The van der Waals surface area contributed by atoms with Gasteiger partial charge in [-0.2, -0.15) is 0 Å². The van der Waals surface area contributed by atoms with E-state index in [0.29, 0.717) is 12.0 Å². The number of hydrogen-bond acceptors (Lipinski definition) is 3. The highest BCUT2D eigenvalue weighted by Gasteiger charge is 2.30. The van der Waals surface area contributed by atoms with Crippen LogP contribution in [0, 0.1) is 11.8 Å². The molecule has 2 heterocycles. The summed E-state index contributed by atoms with van der Waals surface area (Å²) in [4.78, 5) is 14.5. The van der Waals surface area contributed by atoms with Gasteiger partial charge in [0.25, 0.3) is 0 Å². The number of carbonyl (C=O) groups excluding carboxylic acids is 1. The summed E-state index contributed by atoms with van der Waals surface area (Å²) in [6.45, 7) is 9.55. The molecular formula is C13H25N3O. The first kappa shape index (κ1) is 12.8. The monoisotopic (exact) mass is 239 g/mol. The van der Waals surface area contributed by atoms with Crippen molar-refractivity contribution in [2.45, 2.75) is 32.7 Å². The van der Waals surface area contributed by atoms with E-state index in [2.05, 4.69) is 29.4 Å². The molecule has 4 nitrogen and oxygen atoms in total. The van der Waals surface area contributed by atoms with Crippen molar-refractivity contribution in [1.29, 1.82) is 0 Å². The standard InChI is InChI=1S/C13H25N3O/c1-3-16-6-4-5-12(9-16)15-13(17)10(2)11-7-14-8-11/h10-12,14H,3-9H2,1-2H3,(H,15,17). The smallest absolute Gasteiger partial charge is 0.223 e. The van der Waals surface area contributed by atoms with E-state index in [0.717, 1.165) is 32.6 Å². The quantitative estimate of drug-likeness (QED) is 0.748. The Morgan fingerprint density at radius 2 is 2.29 bits per heavy atom. The minimum Gasteiger partial charge on any atom is -0.352 e. The van der Waals surface area contributed by atoms with Crippen molar-refractivity contribution in [3.05, 3.63) is 0 Å². The number of nitrogens with one attached hydrogen (secondary N) is 2. The maximum absolute atomic E-state index is 12.1. The van der Waals surface area contributed by atoms with Crippen LogP contribution in [0.15, 0.2) is 0 Å². The molecular weight excluding hydrogens is 214 g/mol. The average molecular weight is 239 g/mol. The number of likely N-dealkylation sites (tertiary alicyclic amines) is 1. The van der Waals surface area contributed by atoms with E-state index >= 15 is 0 Å². The molecule has 2 atom stereocenters. The molecule has 0 spiro atoms. The Kier molecular flexibility index (Phi) is 4.40. The van der Waals surface area contributed by atoms with E-state index in [9.17, 15) is 4.79 Å². The largest absolute Gasteiger partial charge is 0.352 e. The number of nitrogens with zero attached hydrogens (tertiary/aromatic N) is 1. The van der Waals surface area contributed by atoms with Crippen LogP contribution in [0.2, 0.25) is 0 Å². The molecule has 0 aromatic heterocycles. The van der Waals surface area contributed by atoms with Crippen molar-refractivity contribution >= 4 is 5.91 Å². The third kappa shape index (κ3) is 3.19. The van der Waals surface area contributed by atoms with Gasteiger partial charge in [0.05, 0.1) is 0 Å². The van der Waals surface area contributed by atoms with Crippen molar-refractivity contribution < 1.29 is 4.79 Å². The van der Waals surface area contributed by atoms with E-state index in [1.54, 1.807) is 0 Å². The Hall–Kier alpha value is -0.610. The second-order valence-corrected chi connectivity index (χ2v) is 5.45. The molecule has 2 aliphatic rings. The van der Waals surface area contributed by atoms with Gasteiger partial charge in [-0.25, -0.2) is 0 Å². The predicted molar refractivity (Wildman–Crippen MR) is 68.8 cm³/mol. The zero-order chi connectivity index (χ0) is 12.3. The van der Waals surface area contributed by atoms with E-state index in [-0.39, 0.29) is 11.8 Å². The summed E-state index contributed by atoms with van der Waals surface area (Å²) < 4.78 is 0. The number of likely N-dealkylation sites (N-methyl/N-ethyl adjacent to an activating group) is 1. The lowest BCUT2D eigenvalue weighted by Crippen LogP contribution is -2.53. The van der Waals surface area contributed by atoms with Gasteiger partial charge in [-0.05, 0) is 44.9 Å². The summed E-state index contributed by atoms with van der Waals surface area (Å²) in [5.41, 5.74) is 0. The summed E-state index contributed by atoms with van der Waals surface area (Å²) in [5, 5.41) is 6.45. The maximum atomic E-state index is 12.1. The van der Waals surface area contributed by atoms with Gasteiger partial charge in [0.1, 0.15) is 0 Å². The number of piperidine rings is 1. The molecule has 0 aromatic rings. The maximum Gasteiger partial charge on any atom is 0.223 e. The lowest BCUT2D eigenvalue weighted by molar-refractivity contribution is -0.127. The highest BCUT2D eigenvalue weighted by molar-refractivity contribution is 5.79. The number of amides is 1. The highest BCUT2D eigenvalue weighted by atomic mass is 16.2. The Labute approximate surface area is 104 Å². The van der Waals surface area contributed by atoms with Gasteiger partial charge in [0.15, 0.2) is 0 Å². The zero-order valence-corrected chi connectivity index (χ0v) is 11.0. The fourth-order valence-corrected chi connectivity index (χ4v) is 2.67. The van der Waals surface area contributed by atoms with Crippen LogP contribution in [0.3, 0.4) is 0 Å². The van der Waals surface area contributed by atoms with Gasteiger partial charge >= 0.3 is 0 Å². The van der Waals surface area contributed by atoms with Gasteiger partial charge in [0.2, 0.25) is 5.91 Å². The number of hydrogen-bond donors (Lipinski definition) is 2. The minimum absolute atomic E-state index is 0.160. The SMILES string of the molecule is CCN1CCCC(NC(=O)C(C)C2CNC2)C1. The molecule has 2 fully saturated rings. The normalized spacial score (nSPS) is 28.5. The zero-order valence-electron chi connectivity index (χ0n) is 11.0. The first-order chi connectivity index (χ1) is 8.20. The molecule has 98 valence electrons. The molecule has 2 saturated heterocycles. The van der Waals surface area contributed by atoms with Crippen molar-refractivity contribution in [2.75, 3.05) is 32.7 Å². The number of carbonyl (C=O) groups is 1. The van der Waals surface area contributed by atoms with Crippen LogP contribution in [-0.2, 0) is 4.79 Å². The van der Waals surface area contributed by atoms with Gasteiger partial charge in [-0.3, -0.25) is 4.79 Å². The molecule has 0 bridgehead atoms. The van der Waals surface area contributed by atoms with Gasteiger partial charge in [-0.1, -0.05) is 13.8 Å². The molecule has 0 radical (unpaired) electrons. The molecule has 0 saturated carbocycles. The fraction of sp³-hybridized carbons (Fsp3) is 0.923. The highest BCUT2D eigenvalue weighted by Crippen LogP contribution is 2.17. The third-order valence-electron chi connectivity index (χ3n) is 4.23. The topological polar surface area (TPSA) is 44.4 Å². The van der Waals surface area contributed by atoms with E-state index in [1.807, 2.05) is 0 Å². The molecule has 2 unspecified atom stereocenters. The van der Waals surface area contributed by atoms with Crippen LogP contribution in [0.5, 0.6) is 0 Å². The lowest BCUT2D eigenvalue weighted by Gasteiger charge is -2.35. The van der Waals surface area contributed by atoms with Crippen LogP contribution >= 0.6 is 0 Å². The Morgan fingerprint density at radius 3 is 2.88 bits per heavy atom. The van der Waals surface area contributed by atoms with Gasteiger partial charge in [-0.15, -0.1) is 0 Å².